The van der Waals surface area contributed by atoms with Gasteiger partial charge in [0.1, 0.15) is 11.6 Å². The molecule has 0 atom stereocenters. The van der Waals surface area contributed by atoms with Gasteiger partial charge in [-0.25, -0.2) is 4.98 Å². The Morgan fingerprint density at radius 2 is 2.07 bits per heavy atom. The Morgan fingerprint density at radius 3 is 2.73 bits per heavy atom. The topological polar surface area (TPSA) is 37.9 Å². The fourth-order valence-corrected chi connectivity index (χ4v) is 1.27. The lowest BCUT2D eigenvalue weighted by Crippen LogP contribution is -2.03. The molecule has 0 aliphatic carbocycles. The van der Waals surface area contributed by atoms with E-state index in [1.54, 1.807) is 30.6 Å². The molecule has 78 valence electrons. The molecule has 0 spiro atoms. The molecule has 2 rings (SSSR count). The normalized spacial score (nSPS) is 10.6. The molecule has 15 heavy (non-hydrogen) atoms. The second-order valence-electron chi connectivity index (χ2n) is 2.81. The van der Waals surface area contributed by atoms with Crippen LogP contribution in [0.5, 0.6) is 5.75 Å². The van der Waals surface area contributed by atoms with E-state index in [1.165, 1.54) is 6.07 Å². The molecule has 0 radical (unpaired) electrons. The first-order chi connectivity index (χ1) is 7.27. The molecule has 2 aromatic rings. The van der Waals surface area contributed by atoms with Gasteiger partial charge in [0.2, 0.25) is 0 Å². The van der Waals surface area contributed by atoms with E-state index in [2.05, 4.69) is 14.7 Å². The molecule has 5 heteroatoms. The fourth-order valence-electron chi connectivity index (χ4n) is 1.27. The number of rotatable bonds is 3. The van der Waals surface area contributed by atoms with Gasteiger partial charge >= 0.3 is 6.61 Å². The second kappa shape index (κ2) is 4.08. The zero-order chi connectivity index (χ0) is 10.7. The summed E-state index contributed by atoms with van der Waals surface area (Å²) >= 11 is 0. The van der Waals surface area contributed by atoms with Gasteiger partial charge in [0, 0.05) is 12.4 Å². The fraction of sp³-hybridized carbons (Fsp3) is 0.100. The lowest BCUT2D eigenvalue weighted by atomic mass is 10.2. The molecule has 1 heterocycles. The van der Waals surface area contributed by atoms with Crippen LogP contribution in [0.1, 0.15) is 0 Å². The van der Waals surface area contributed by atoms with E-state index >= 15 is 0 Å². The molecular formula is C10H8F2N2O. The number of para-hydroxylation sites is 1. The Morgan fingerprint density at radius 1 is 1.27 bits per heavy atom. The Kier molecular flexibility index (Phi) is 2.62. The summed E-state index contributed by atoms with van der Waals surface area (Å²) in [6.45, 7) is -2.83. The Hall–Kier alpha value is -1.91. The Balaban J connectivity index is 2.38. The van der Waals surface area contributed by atoms with E-state index in [0.29, 0.717) is 11.4 Å². The summed E-state index contributed by atoms with van der Waals surface area (Å²) in [4.78, 5) is 6.81. The predicted molar refractivity (Wildman–Crippen MR) is 50.7 cm³/mol. The molecule has 1 N–H and O–H groups in total. The number of ether oxygens (including phenoxy) is 1. The summed E-state index contributed by atoms with van der Waals surface area (Å²) in [6.07, 6.45) is 3.17. The highest BCUT2D eigenvalue weighted by atomic mass is 19.3. The summed E-state index contributed by atoms with van der Waals surface area (Å²) in [5.41, 5.74) is 0.516. The van der Waals surface area contributed by atoms with Gasteiger partial charge in [-0.2, -0.15) is 8.78 Å². The van der Waals surface area contributed by atoms with Crippen LogP contribution in [0.15, 0.2) is 36.7 Å². The van der Waals surface area contributed by atoms with Crippen molar-refractivity contribution >= 4 is 0 Å². The first kappa shape index (κ1) is 9.64. The molecule has 0 saturated heterocycles. The number of imidazole rings is 1. The predicted octanol–water partition coefficient (Wildman–Crippen LogP) is 2.68. The smallest absolute Gasteiger partial charge is 0.387 e. The molecule has 0 unspecified atom stereocenters. The highest BCUT2D eigenvalue weighted by Crippen LogP contribution is 2.27. The van der Waals surface area contributed by atoms with Crippen LogP contribution in [0.3, 0.4) is 0 Å². The third-order valence-corrected chi connectivity index (χ3v) is 1.86. The number of aromatic amines is 1. The van der Waals surface area contributed by atoms with Gasteiger partial charge in [0.15, 0.2) is 0 Å². The Labute approximate surface area is 84.7 Å². The maximum atomic E-state index is 12.1. The monoisotopic (exact) mass is 210 g/mol. The van der Waals surface area contributed by atoms with E-state index in [9.17, 15) is 8.78 Å². The van der Waals surface area contributed by atoms with Gasteiger partial charge in [-0.1, -0.05) is 12.1 Å². The van der Waals surface area contributed by atoms with Crippen molar-refractivity contribution in [1.29, 1.82) is 0 Å². The average Bonchev–Trinajstić information content (AvgIpc) is 2.70. The highest BCUT2D eigenvalue weighted by Gasteiger charge is 2.11. The minimum atomic E-state index is -2.83. The molecule has 1 aromatic heterocycles. The van der Waals surface area contributed by atoms with Crippen LogP contribution >= 0.6 is 0 Å². The number of hydrogen-bond acceptors (Lipinski definition) is 2. The van der Waals surface area contributed by atoms with Gasteiger partial charge in [-0.05, 0) is 12.1 Å². The SMILES string of the molecule is FC(F)Oc1ccccc1-c1ncc[nH]1. The van der Waals surface area contributed by atoms with Crippen molar-refractivity contribution in [3.63, 3.8) is 0 Å². The molecule has 0 aliphatic rings. The largest absolute Gasteiger partial charge is 0.434 e. The van der Waals surface area contributed by atoms with Crippen LogP contribution < -0.4 is 4.74 Å². The molecule has 1 aromatic carbocycles. The summed E-state index contributed by atoms with van der Waals surface area (Å²) in [5.74, 6) is 0.619. The quantitative estimate of drug-likeness (QED) is 0.845. The lowest BCUT2D eigenvalue weighted by Gasteiger charge is -2.08. The van der Waals surface area contributed by atoms with Crippen molar-refractivity contribution in [3.8, 4) is 17.1 Å². The lowest BCUT2D eigenvalue weighted by molar-refractivity contribution is -0.0494. The molecule has 0 bridgehead atoms. The molecule has 0 amide bonds. The summed E-state index contributed by atoms with van der Waals surface area (Å²) in [5, 5.41) is 0. The first-order valence-corrected chi connectivity index (χ1v) is 4.31. The van der Waals surface area contributed by atoms with Gasteiger partial charge in [-0.3, -0.25) is 0 Å². The van der Waals surface area contributed by atoms with Crippen LogP contribution in [0, 0.1) is 0 Å². The Bertz CT molecular complexity index is 429. The number of H-pyrrole nitrogens is 1. The number of halogens is 2. The van der Waals surface area contributed by atoms with Crippen molar-refractivity contribution in [2.24, 2.45) is 0 Å². The van der Waals surface area contributed by atoms with E-state index in [1.807, 2.05) is 0 Å². The number of aromatic nitrogens is 2. The first-order valence-electron chi connectivity index (χ1n) is 4.31. The van der Waals surface area contributed by atoms with E-state index in [4.69, 9.17) is 0 Å². The van der Waals surface area contributed by atoms with Crippen molar-refractivity contribution in [2.45, 2.75) is 6.61 Å². The van der Waals surface area contributed by atoms with E-state index < -0.39 is 6.61 Å². The van der Waals surface area contributed by atoms with E-state index in [0.717, 1.165) is 0 Å². The average molecular weight is 210 g/mol. The van der Waals surface area contributed by atoms with Crippen molar-refractivity contribution in [3.05, 3.63) is 36.7 Å². The highest BCUT2D eigenvalue weighted by molar-refractivity contribution is 5.63. The number of nitrogens with one attached hydrogen (secondary N) is 1. The standard InChI is InChI=1S/C10H8F2N2O/c11-10(12)15-8-4-2-1-3-7(8)9-13-5-6-14-9/h1-6,10H,(H,13,14). The van der Waals surface area contributed by atoms with Gasteiger partial charge in [0.25, 0.3) is 0 Å². The van der Waals surface area contributed by atoms with Crippen LogP contribution in [0.25, 0.3) is 11.4 Å². The maximum absolute atomic E-state index is 12.1. The number of benzene rings is 1. The van der Waals surface area contributed by atoms with Crippen LogP contribution in [-0.4, -0.2) is 16.6 Å². The second-order valence-corrected chi connectivity index (χ2v) is 2.81. The molecular weight excluding hydrogens is 202 g/mol. The minimum absolute atomic E-state index is 0.113. The van der Waals surface area contributed by atoms with Crippen molar-refractivity contribution < 1.29 is 13.5 Å². The minimum Gasteiger partial charge on any atom is -0.434 e. The summed E-state index contributed by atoms with van der Waals surface area (Å²) in [7, 11) is 0. The molecule has 3 nitrogen and oxygen atoms in total. The third-order valence-electron chi connectivity index (χ3n) is 1.86. The number of alkyl halides is 2. The zero-order valence-electron chi connectivity index (χ0n) is 7.65. The molecule has 0 aliphatic heterocycles. The van der Waals surface area contributed by atoms with E-state index in [-0.39, 0.29) is 5.75 Å². The van der Waals surface area contributed by atoms with Crippen LogP contribution in [-0.2, 0) is 0 Å². The van der Waals surface area contributed by atoms with Gasteiger partial charge in [-0.15, -0.1) is 0 Å². The number of hydrogen-bond donors (Lipinski definition) is 1. The summed E-state index contributed by atoms with van der Waals surface area (Å²) in [6, 6.07) is 6.50. The van der Waals surface area contributed by atoms with Gasteiger partial charge < -0.3 is 9.72 Å². The number of nitrogens with zero attached hydrogens (tertiary/aromatic N) is 1. The zero-order valence-corrected chi connectivity index (χ0v) is 7.65. The summed E-state index contributed by atoms with van der Waals surface area (Å²) < 4.78 is 28.6. The maximum Gasteiger partial charge on any atom is 0.387 e. The molecule has 0 saturated carbocycles. The van der Waals surface area contributed by atoms with Crippen LogP contribution in [0.4, 0.5) is 8.78 Å². The van der Waals surface area contributed by atoms with Gasteiger partial charge in [0.05, 0.1) is 5.56 Å². The van der Waals surface area contributed by atoms with Crippen LogP contribution in [0.2, 0.25) is 0 Å². The third kappa shape index (κ3) is 2.12. The molecule has 0 fully saturated rings. The van der Waals surface area contributed by atoms with Crippen molar-refractivity contribution in [1.82, 2.24) is 9.97 Å². The van der Waals surface area contributed by atoms with Crippen molar-refractivity contribution in [2.75, 3.05) is 0 Å².